The second-order valence-electron chi connectivity index (χ2n) is 3.74. The molecule has 0 unspecified atom stereocenters. The van der Waals surface area contributed by atoms with Gasteiger partial charge in [0.05, 0.1) is 6.54 Å². The fourth-order valence-corrected chi connectivity index (χ4v) is 1.32. The summed E-state index contributed by atoms with van der Waals surface area (Å²) in [6.45, 7) is 4.43. The summed E-state index contributed by atoms with van der Waals surface area (Å²) in [5, 5.41) is 5.63. The molecular weight excluding hydrogens is 216 g/mol. The van der Waals surface area contributed by atoms with Gasteiger partial charge in [-0.15, -0.1) is 0 Å². The van der Waals surface area contributed by atoms with E-state index in [9.17, 15) is 4.79 Å². The van der Waals surface area contributed by atoms with Crippen LogP contribution in [0.4, 0.5) is 5.69 Å². The minimum atomic E-state index is -0.0644. The molecule has 5 heteroatoms. The number of rotatable bonds is 4. The fraction of sp³-hybridized carbons (Fsp3) is 0.333. The molecule has 0 fully saturated rings. The molecule has 1 aromatic rings. The van der Waals surface area contributed by atoms with E-state index in [1.165, 1.54) is 6.92 Å². The van der Waals surface area contributed by atoms with Crippen molar-refractivity contribution in [1.82, 2.24) is 5.32 Å². The van der Waals surface area contributed by atoms with Crippen LogP contribution in [0.2, 0.25) is 0 Å². The van der Waals surface area contributed by atoms with Crippen molar-refractivity contribution < 1.29 is 4.79 Å². The summed E-state index contributed by atoms with van der Waals surface area (Å²) >= 11 is 0. The number of nitrogens with zero attached hydrogens (tertiary/aromatic N) is 1. The van der Waals surface area contributed by atoms with E-state index in [2.05, 4.69) is 15.6 Å². The van der Waals surface area contributed by atoms with Crippen LogP contribution in [0.5, 0.6) is 0 Å². The molecule has 0 spiro atoms. The van der Waals surface area contributed by atoms with Crippen LogP contribution in [-0.2, 0) is 4.79 Å². The van der Waals surface area contributed by atoms with E-state index in [0.717, 1.165) is 11.3 Å². The predicted molar refractivity (Wildman–Crippen MR) is 70.0 cm³/mol. The minimum Gasteiger partial charge on any atom is -0.370 e. The summed E-state index contributed by atoms with van der Waals surface area (Å²) < 4.78 is 0. The van der Waals surface area contributed by atoms with Crippen LogP contribution >= 0.6 is 0 Å². The normalized spacial score (nSPS) is 11.1. The third-order valence-corrected chi connectivity index (χ3v) is 2.06. The molecule has 4 N–H and O–H groups in total. The Labute approximate surface area is 101 Å². The first-order chi connectivity index (χ1) is 8.08. The first-order valence-corrected chi connectivity index (χ1v) is 5.46. The van der Waals surface area contributed by atoms with Crippen LogP contribution < -0.4 is 16.4 Å². The Kier molecular flexibility index (Phi) is 5.00. The number of guanidine groups is 1. The van der Waals surface area contributed by atoms with Gasteiger partial charge in [-0.05, 0) is 24.6 Å². The molecule has 1 rings (SSSR count). The maximum absolute atomic E-state index is 10.6. The van der Waals surface area contributed by atoms with Crippen LogP contribution in [0.3, 0.4) is 0 Å². The Morgan fingerprint density at radius 1 is 1.47 bits per heavy atom. The molecule has 5 nitrogen and oxygen atoms in total. The van der Waals surface area contributed by atoms with E-state index in [0.29, 0.717) is 19.0 Å². The van der Waals surface area contributed by atoms with Gasteiger partial charge in [0, 0.05) is 19.2 Å². The molecule has 1 aromatic carbocycles. The average molecular weight is 234 g/mol. The molecular formula is C12H18N4O. The number of anilines is 1. The monoisotopic (exact) mass is 234 g/mol. The summed E-state index contributed by atoms with van der Waals surface area (Å²) in [6, 6.07) is 7.86. The van der Waals surface area contributed by atoms with Crippen LogP contribution in [0.25, 0.3) is 0 Å². The molecule has 0 atom stereocenters. The quantitative estimate of drug-likeness (QED) is 0.410. The lowest BCUT2D eigenvalue weighted by Crippen LogP contribution is -2.26. The van der Waals surface area contributed by atoms with Crippen molar-refractivity contribution in [3.63, 3.8) is 0 Å². The van der Waals surface area contributed by atoms with Crippen LogP contribution in [0.1, 0.15) is 12.5 Å². The maximum Gasteiger partial charge on any atom is 0.216 e. The van der Waals surface area contributed by atoms with Crippen molar-refractivity contribution in [2.75, 3.05) is 18.4 Å². The zero-order chi connectivity index (χ0) is 12.7. The Hall–Kier alpha value is -2.04. The molecule has 0 radical (unpaired) electrons. The smallest absolute Gasteiger partial charge is 0.216 e. The van der Waals surface area contributed by atoms with Gasteiger partial charge in [-0.2, -0.15) is 0 Å². The lowest BCUT2D eigenvalue weighted by Gasteiger charge is -2.06. The molecule has 92 valence electrons. The van der Waals surface area contributed by atoms with E-state index >= 15 is 0 Å². The first kappa shape index (κ1) is 13.0. The fourth-order valence-electron chi connectivity index (χ4n) is 1.32. The number of nitrogens with one attached hydrogen (secondary N) is 2. The van der Waals surface area contributed by atoms with Crippen molar-refractivity contribution >= 4 is 17.6 Å². The van der Waals surface area contributed by atoms with Gasteiger partial charge >= 0.3 is 0 Å². The second kappa shape index (κ2) is 6.52. The minimum absolute atomic E-state index is 0.0644. The van der Waals surface area contributed by atoms with Crippen molar-refractivity contribution in [3.05, 3.63) is 29.8 Å². The van der Waals surface area contributed by atoms with Crippen LogP contribution in [0, 0.1) is 6.92 Å². The summed E-state index contributed by atoms with van der Waals surface area (Å²) in [6.07, 6.45) is 0. The van der Waals surface area contributed by atoms with Crippen molar-refractivity contribution in [2.45, 2.75) is 13.8 Å². The van der Waals surface area contributed by atoms with Gasteiger partial charge in [-0.25, -0.2) is 0 Å². The van der Waals surface area contributed by atoms with E-state index in [1.807, 2.05) is 31.2 Å². The second-order valence-corrected chi connectivity index (χ2v) is 3.74. The molecule has 17 heavy (non-hydrogen) atoms. The van der Waals surface area contributed by atoms with Crippen molar-refractivity contribution in [3.8, 4) is 0 Å². The molecule has 0 aromatic heterocycles. The van der Waals surface area contributed by atoms with Crippen molar-refractivity contribution in [1.29, 1.82) is 0 Å². The molecule has 0 saturated carbocycles. The number of hydrogen-bond acceptors (Lipinski definition) is 2. The molecule has 0 aliphatic heterocycles. The number of aryl methyl sites for hydroxylation is 1. The number of amides is 1. The number of nitrogens with two attached hydrogens (primary N) is 1. The lowest BCUT2D eigenvalue weighted by atomic mass is 10.2. The van der Waals surface area contributed by atoms with Crippen LogP contribution in [0.15, 0.2) is 29.3 Å². The molecule has 0 bridgehead atoms. The third kappa shape index (κ3) is 5.55. The highest BCUT2D eigenvalue weighted by atomic mass is 16.1. The summed E-state index contributed by atoms with van der Waals surface area (Å²) in [7, 11) is 0. The topological polar surface area (TPSA) is 79.5 Å². The zero-order valence-corrected chi connectivity index (χ0v) is 10.2. The predicted octanol–water partition coefficient (Wildman–Crippen LogP) is 0.858. The molecule has 0 heterocycles. The summed E-state index contributed by atoms with van der Waals surface area (Å²) in [4.78, 5) is 14.7. The molecule has 0 aliphatic carbocycles. The number of carbonyl (C=O) groups is 1. The Morgan fingerprint density at radius 3 is 2.88 bits per heavy atom. The Bertz CT molecular complexity index is 415. The van der Waals surface area contributed by atoms with E-state index in [-0.39, 0.29) is 5.91 Å². The first-order valence-electron chi connectivity index (χ1n) is 5.46. The average Bonchev–Trinajstić information content (AvgIpc) is 2.24. The van der Waals surface area contributed by atoms with Gasteiger partial charge in [0.1, 0.15) is 0 Å². The highest BCUT2D eigenvalue weighted by molar-refractivity contribution is 5.92. The molecule has 1 amide bonds. The van der Waals surface area contributed by atoms with Gasteiger partial charge in [0.15, 0.2) is 5.96 Å². The Balaban J connectivity index is 2.40. The standard InChI is InChI=1S/C12H18N4O/c1-9-4-3-5-11(8-9)16-12(13)15-7-6-14-10(2)17/h3-5,8H,6-7H2,1-2H3,(H,14,17)(H3,13,15,16). The number of carbonyl (C=O) groups excluding carboxylic acids is 1. The van der Waals surface area contributed by atoms with E-state index in [4.69, 9.17) is 5.73 Å². The highest BCUT2D eigenvalue weighted by Gasteiger charge is 1.95. The number of hydrogen-bond donors (Lipinski definition) is 3. The van der Waals surface area contributed by atoms with Crippen molar-refractivity contribution in [2.24, 2.45) is 10.7 Å². The van der Waals surface area contributed by atoms with E-state index in [1.54, 1.807) is 0 Å². The summed E-state index contributed by atoms with van der Waals surface area (Å²) in [5.74, 6) is 0.284. The largest absolute Gasteiger partial charge is 0.370 e. The highest BCUT2D eigenvalue weighted by Crippen LogP contribution is 2.08. The maximum atomic E-state index is 10.6. The zero-order valence-electron chi connectivity index (χ0n) is 10.2. The van der Waals surface area contributed by atoms with Crippen LogP contribution in [-0.4, -0.2) is 25.0 Å². The molecule has 0 saturated heterocycles. The van der Waals surface area contributed by atoms with Gasteiger partial charge in [0.2, 0.25) is 5.91 Å². The number of aliphatic imine (C=N–C) groups is 1. The van der Waals surface area contributed by atoms with Gasteiger partial charge in [0.25, 0.3) is 0 Å². The number of benzene rings is 1. The summed E-state index contributed by atoms with van der Waals surface area (Å²) in [5.41, 5.74) is 7.76. The van der Waals surface area contributed by atoms with Gasteiger partial charge in [-0.3, -0.25) is 9.79 Å². The van der Waals surface area contributed by atoms with Gasteiger partial charge < -0.3 is 16.4 Å². The molecule has 0 aliphatic rings. The SMILES string of the molecule is CC(=O)NCCN=C(N)Nc1cccc(C)c1. The van der Waals surface area contributed by atoms with E-state index < -0.39 is 0 Å². The Morgan fingerprint density at radius 2 is 2.24 bits per heavy atom. The van der Waals surface area contributed by atoms with Gasteiger partial charge in [-0.1, -0.05) is 12.1 Å². The lowest BCUT2D eigenvalue weighted by molar-refractivity contribution is -0.118. The third-order valence-electron chi connectivity index (χ3n) is 2.06.